The van der Waals surface area contributed by atoms with Crippen LogP contribution in [0.15, 0.2) is 38.2 Å². The van der Waals surface area contributed by atoms with Crippen molar-refractivity contribution < 1.29 is 21.6 Å². The topological polar surface area (TPSA) is 76.5 Å². The Bertz CT molecular complexity index is 777. The van der Waals surface area contributed by atoms with E-state index in [9.17, 15) is 17.2 Å². The number of benzene rings is 1. The third kappa shape index (κ3) is 3.25. The van der Waals surface area contributed by atoms with E-state index in [2.05, 4.69) is 15.9 Å². The van der Waals surface area contributed by atoms with Gasteiger partial charge in [-0.2, -0.15) is 4.31 Å². The van der Waals surface area contributed by atoms with E-state index < -0.39 is 26.6 Å². The van der Waals surface area contributed by atoms with E-state index in [4.69, 9.17) is 10.2 Å². The van der Waals surface area contributed by atoms with Gasteiger partial charge in [-0.05, 0) is 40.2 Å². The monoisotopic (exact) mass is 380 g/mol. The fourth-order valence-electron chi connectivity index (χ4n) is 1.68. The number of hydrogen-bond donors (Lipinski definition) is 1. The van der Waals surface area contributed by atoms with Crippen molar-refractivity contribution in [3.63, 3.8) is 0 Å². The smallest absolute Gasteiger partial charge is 0.246 e. The minimum Gasteiger partial charge on any atom is -0.453 e. The highest BCUT2D eigenvalue weighted by Gasteiger charge is 2.27. The molecule has 1 aromatic heterocycles. The second-order valence-corrected chi connectivity index (χ2v) is 7.08. The number of nitrogens with two attached hydrogens (primary N) is 1. The number of nitrogens with zero attached hydrogens (tertiary/aromatic N) is 1. The molecule has 1 aromatic carbocycles. The van der Waals surface area contributed by atoms with Crippen molar-refractivity contribution in [2.24, 2.45) is 0 Å². The van der Waals surface area contributed by atoms with Gasteiger partial charge in [0.2, 0.25) is 10.0 Å². The number of halogens is 3. The summed E-state index contributed by atoms with van der Waals surface area (Å²) < 4.78 is 58.0. The first-order valence-corrected chi connectivity index (χ1v) is 7.90. The number of hydrogen-bond acceptors (Lipinski definition) is 4. The molecule has 0 radical (unpaired) electrons. The molecule has 0 amide bonds. The number of rotatable bonds is 4. The Kier molecular flexibility index (Phi) is 4.35. The fraction of sp³-hybridized carbons (Fsp3) is 0.167. The van der Waals surface area contributed by atoms with E-state index in [0.717, 1.165) is 16.4 Å². The summed E-state index contributed by atoms with van der Waals surface area (Å²) in [7, 11) is -3.01. The Morgan fingerprint density at radius 3 is 2.57 bits per heavy atom. The summed E-state index contributed by atoms with van der Waals surface area (Å²) in [6.07, 6.45) is 0. The number of furan rings is 1. The van der Waals surface area contributed by atoms with Crippen LogP contribution >= 0.6 is 15.9 Å². The molecule has 5 nitrogen and oxygen atoms in total. The van der Waals surface area contributed by atoms with Gasteiger partial charge in [-0.1, -0.05) is 0 Å². The Labute approximate surface area is 128 Å². The van der Waals surface area contributed by atoms with Crippen LogP contribution in [0.5, 0.6) is 0 Å². The van der Waals surface area contributed by atoms with Crippen LogP contribution in [0.1, 0.15) is 5.76 Å². The van der Waals surface area contributed by atoms with Crippen molar-refractivity contribution in [2.45, 2.75) is 11.4 Å². The van der Waals surface area contributed by atoms with Gasteiger partial charge in [0.25, 0.3) is 0 Å². The van der Waals surface area contributed by atoms with Crippen LogP contribution in [-0.2, 0) is 16.6 Å². The Morgan fingerprint density at radius 1 is 1.33 bits per heavy atom. The summed E-state index contributed by atoms with van der Waals surface area (Å²) in [6, 6.07) is 4.75. The zero-order chi connectivity index (χ0) is 15.8. The third-order valence-corrected chi connectivity index (χ3v) is 4.94. The lowest BCUT2D eigenvalue weighted by atomic mass is 10.3. The van der Waals surface area contributed by atoms with Crippen molar-refractivity contribution in [1.29, 1.82) is 0 Å². The minimum atomic E-state index is -4.24. The predicted molar refractivity (Wildman–Crippen MR) is 75.8 cm³/mol. The molecule has 0 unspecified atom stereocenters. The van der Waals surface area contributed by atoms with Crippen LogP contribution in [0.3, 0.4) is 0 Å². The third-order valence-electron chi connectivity index (χ3n) is 2.71. The second kappa shape index (κ2) is 5.74. The minimum absolute atomic E-state index is 0.135. The highest BCUT2D eigenvalue weighted by atomic mass is 79.9. The SMILES string of the molecule is CN(Cc1ccc(Br)o1)S(=O)(=O)c1cc(N)cc(F)c1F. The van der Waals surface area contributed by atoms with Gasteiger partial charge in [-0.15, -0.1) is 0 Å². The van der Waals surface area contributed by atoms with E-state index in [1.807, 2.05) is 0 Å². The van der Waals surface area contributed by atoms with Gasteiger partial charge >= 0.3 is 0 Å². The maximum Gasteiger partial charge on any atom is 0.246 e. The molecular weight excluding hydrogens is 370 g/mol. The Balaban J connectivity index is 2.37. The molecule has 0 bridgehead atoms. The second-order valence-electron chi connectivity index (χ2n) is 4.28. The molecule has 0 spiro atoms. The Hall–Kier alpha value is -1.45. The molecule has 0 aliphatic heterocycles. The standard InChI is InChI=1S/C12H11BrF2N2O3S/c1-17(6-8-2-3-11(13)20-8)21(18,19)10-5-7(16)4-9(14)12(10)15/h2-5H,6,16H2,1H3. The van der Waals surface area contributed by atoms with Gasteiger partial charge in [0.05, 0.1) is 6.54 Å². The fourth-order valence-corrected chi connectivity index (χ4v) is 3.26. The summed E-state index contributed by atoms with van der Waals surface area (Å²) >= 11 is 3.09. The van der Waals surface area contributed by atoms with E-state index in [1.165, 1.54) is 7.05 Å². The number of anilines is 1. The van der Waals surface area contributed by atoms with Crippen molar-refractivity contribution >= 4 is 31.6 Å². The van der Waals surface area contributed by atoms with Gasteiger partial charge in [0.1, 0.15) is 10.7 Å². The van der Waals surface area contributed by atoms with Gasteiger partial charge in [0.15, 0.2) is 16.3 Å². The Morgan fingerprint density at radius 2 is 2.00 bits per heavy atom. The predicted octanol–water partition coefficient (Wildman–Crippen LogP) is 2.72. The molecule has 0 atom stereocenters. The van der Waals surface area contributed by atoms with E-state index in [0.29, 0.717) is 10.4 Å². The van der Waals surface area contributed by atoms with Crippen LogP contribution < -0.4 is 5.73 Å². The molecule has 114 valence electrons. The first-order valence-electron chi connectivity index (χ1n) is 5.67. The van der Waals surface area contributed by atoms with Crippen LogP contribution in [0.4, 0.5) is 14.5 Å². The molecule has 0 aliphatic rings. The largest absolute Gasteiger partial charge is 0.453 e. The maximum absolute atomic E-state index is 13.7. The lowest BCUT2D eigenvalue weighted by Crippen LogP contribution is -2.27. The molecule has 2 rings (SSSR count). The summed E-state index contributed by atoms with van der Waals surface area (Å²) in [5.41, 5.74) is 5.19. The van der Waals surface area contributed by atoms with Crippen molar-refractivity contribution in [1.82, 2.24) is 4.31 Å². The van der Waals surface area contributed by atoms with Crippen LogP contribution in [0, 0.1) is 11.6 Å². The molecular formula is C12H11BrF2N2O3S. The molecule has 0 saturated carbocycles. The summed E-state index contributed by atoms with van der Waals surface area (Å²) in [5, 5.41) is 0. The summed E-state index contributed by atoms with van der Waals surface area (Å²) in [4.78, 5) is -0.812. The first-order chi connectivity index (χ1) is 9.71. The van der Waals surface area contributed by atoms with Crippen LogP contribution in [-0.4, -0.2) is 19.8 Å². The van der Waals surface area contributed by atoms with Gasteiger partial charge < -0.3 is 10.2 Å². The summed E-state index contributed by atoms with van der Waals surface area (Å²) in [6.45, 7) is -0.135. The normalized spacial score (nSPS) is 12.0. The average molecular weight is 381 g/mol. The molecule has 9 heteroatoms. The van der Waals surface area contributed by atoms with E-state index in [-0.39, 0.29) is 12.2 Å². The zero-order valence-electron chi connectivity index (χ0n) is 10.8. The van der Waals surface area contributed by atoms with Crippen LogP contribution in [0.25, 0.3) is 0 Å². The zero-order valence-corrected chi connectivity index (χ0v) is 13.2. The summed E-state index contributed by atoms with van der Waals surface area (Å²) in [5.74, 6) is -2.43. The van der Waals surface area contributed by atoms with Gasteiger partial charge in [-0.25, -0.2) is 17.2 Å². The molecule has 1 heterocycles. The highest BCUT2D eigenvalue weighted by molar-refractivity contribution is 9.10. The molecule has 21 heavy (non-hydrogen) atoms. The molecule has 0 fully saturated rings. The molecule has 0 aliphatic carbocycles. The van der Waals surface area contributed by atoms with E-state index in [1.54, 1.807) is 12.1 Å². The van der Waals surface area contributed by atoms with E-state index >= 15 is 0 Å². The quantitative estimate of drug-likeness (QED) is 0.827. The first kappa shape index (κ1) is 15.9. The molecule has 2 N–H and O–H groups in total. The van der Waals surface area contributed by atoms with Gasteiger partial charge in [0, 0.05) is 12.7 Å². The van der Waals surface area contributed by atoms with Crippen molar-refractivity contribution in [2.75, 3.05) is 12.8 Å². The van der Waals surface area contributed by atoms with Crippen molar-refractivity contribution in [3.05, 3.63) is 46.3 Å². The molecule has 2 aromatic rings. The lowest BCUT2D eigenvalue weighted by molar-refractivity contribution is 0.394. The number of nitrogen functional groups attached to an aromatic ring is 1. The average Bonchev–Trinajstić information content (AvgIpc) is 2.79. The lowest BCUT2D eigenvalue weighted by Gasteiger charge is -2.17. The number of sulfonamides is 1. The maximum atomic E-state index is 13.7. The molecule has 0 saturated heterocycles. The van der Waals surface area contributed by atoms with Crippen LogP contribution in [0.2, 0.25) is 0 Å². The van der Waals surface area contributed by atoms with Gasteiger partial charge in [-0.3, -0.25) is 0 Å². The van der Waals surface area contributed by atoms with Crippen molar-refractivity contribution in [3.8, 4) is 0 Å². The highest BCUT2D eigenvalue weighted by Crippen LogP contribution is 2.25.